The van der Waals surface area contributed by atoms with Gasteiger partial charge in [-0.3, -0.25) is 0 Å². The maximum atomic E-state index is 6.54. The highest BCUT2D eigenvalue weighted by molar-refractivity contribution is 6.91. The first-order valence-corrected chi connectivity index (χ1v) is 20.1. The van der Waals surface area contributed by atoms with E-state index in [2.05, 4.69) is 82.1 Å². The molecule has 1 nitrogen and oxygen atoms in total. The first kappa shape index (κ1) is 19.3. The van der Waals surface area contributed by atoms with E-state index in [-0.39, 0.29) is 0 Å². The molecule has 0 aromatic carbocycles. The minimum absolute atomic E-state index is 0.466. The lowest BCUT2D eigenvalue weighted by Gasteiger charge is -2.30. The van der Waals surface area contributed by atoms with Crippen LogP contribution in [-0.2, 0) is 4.12 Å². The molecule has 0 aromatic rings. The van der Waals surface area contributed by atoms with Crippen molar-refractivity contribution in [3.8, 4) is 0 Å². The third-order valence-electron chi connectivity index (χ3n) is 2.64. The number of hydrogen-bond acceptors (Lipinski definition) is 1. The van der Waals surface area contributed by atoms with Gasteiger partial charge in [0.05, 0.1) is 8.07 Å². The van der Waals surface area contributed by atoms with Gasteiger partial charge in [-0.15, -0.1) is 5.70 Å². The molecule has 0 aliphatic rings. The van der Waals surface area contributed by atoms with Crippen molar-refractivity contribution in [2.45, 2.75) is 65.0 Å². The molecule has 0 N–H and O–H groups in total. The summed E-state index contributed by atoms with van der Waals surface area (Å²) < 4.78 is 6.54. The zero-order valence-corrected chi connectivity index (χ0v) is 18.7. The molecule has 0 aliphatic carbocycles. The smallest absolute Gasteiger partial charge is 0.198 e. The van der Waals surface area contributed by atoms with Crippen LogP contribution >= 0.6 is 0 Å². The van der Waals surface area contributed by atoms with Crippen LogP contribution in [0.15, 0.2) is 23.2 Å². The molecule has 0 rings (SSSR count). The van der Waals surface area contributed by atoms with Crippen LogP contribution in [0.4, 0.5) is 0 Å². The molecule has 0 aliphatic heterocycles. The normalized spacial score (nSPS) is 15.1. The molecule has 0 atom stereocenters. The van der Waals surface area contributed by atoms with Crippen LogP contribution in [0.25, 0.3) is 0 Å². The van der Waals surface area contributed by atoms with Crippen LogP contribution in [0.3, 0.4) is 0 Å². The van der Waals surface area contributed by atoms with E-state index in [1.807, 2.05) is 0 Å². The number of allylic oxidation sites excluding steroid dienone is 1. The first-order valence-electron chi connectivity index (χ1n) is 7.41. The van der Waals surface area contributed by atoms with E-state index in [0.717, 1.165) is 0 Å². The summed E-state index contributed by atoms with van der Waals surface area (Å²) in [5.41, 5.74) is 7.27. The largest absolute Gasteiger partial charge is 0.449 e. The molecule has 0 saturated heterocycles. The van der Waals surface area contributed by atoms with Crippen molar-refractivity contribution in [1.82, 2.24) is 0 Å². The Labute approximate surface area is 126 Å². The molecule has 112 valence electrons. The fourth-order valence-electron chi connectivity index (χ4n) is 1.82. The highest BCUT2D eigenvalue weighted by Crippen LogP contribution is 2.18. The van der Waals surface area contributed by atoms with E-state index >= 15 is 0 Å². The van der Waals surface area contributed by atoms with Gasteiger partial charge in [-0.05, 0) is 32.2 Å². The Hall–Kier alpha value is 0.308. The van der Waals surface area contributed by atoms with Crippen molar-refractivity contribution < 1.29 is 4.12 Å². The van der Waals surface area contributed by atoms with E-state index in [9.17, 15) is 0 Å². The van der Waals surface area contributed by atoms with E-state index in [4.69, 9.17) is 4.12 Å². The molecule has 0 heterocycles. The van der Waals surface area contributed by atoms with Gasteiger partial charge in [0.2, 0.25) is 0 Å². The Bertz CT molecular complexity index is 325. The molecule has 0 radical (unpaired) electrons. The quantitative estimate of drug-likeness (QED) is 0.599. The Morgan fingerprint density at radius 3 is 1.68 bits per heavy atom. The summed E-state index contributed by atoms with van der Waals surface area (Å²) in [5.74, 6) is 0. The van der Waals surface area contributed by atoms with E-state index < -0.39 is 33.5 Å². The van der Waals surface area contributed by atoms with Gasteiger partial charge >= 0.3 is 0 Å². The second-order valence-corrected chi connectivity index (χ2v) is 24.3. The second-order valence-electron chi connectivity index (χ2n) is 8.04. The maximum Gasteiger partial charge on any atom is 0.198 e. The number of hydrogen-bond donors (Lipinski definition) is 0. The van der Waals surface area contributed by atoms with Crippen LogP contribution < -0.4 is 0 Å². The van der Waals surface area contributed by atoms with E-state index in [1.54, 1.807) is 0 Å². The summed E-state index contributed by atoms with van der Waals surface area (Å²) in [4.78, 5) is 0. The van der Waals surface area contributed by atoms with Crippen molar-refractivity contribution in [2.75, 3.05) is 0 Å². The summed E-state index contributed by atoms with van der Waals surface area (Å²) >= 11 is 0. The Balaban J connectivity index is 4.62. The van der Waals surface area contributed by atoms with Crippen LogP contribution in [0.2, 0.25) is 65.0 Å². The average molecular weight is 331 g/mol. The predicted molar refractivity (Wildman–Crippen MR) is 101 cm³/mol. The summed E-state index contributed by atoms with van der Waals surface area (Å²) in [6.45, 7) is 21.2. The molecule has 0 spiro atoms. The van der Waals surface area contributed by atoms with Gasteiger partial charge in [0.15, 0.2) is 16.6 Å². The molecule has 0 unspecified atom stereocenters. The van der Waals surface area contributed by atoms with Gasteiger partial charge in [0.25, 0.3) is 0 Å². The summed E-state index contributed by atoms with van der Waals surface area (Å²) in [6, 6.07) is 1.30. The van der Waals surface area contributed by atoms with Crippen molar-refractivity contribution in [3.05, 3.63) is 23.2 Å². The standard InChI is InChI=1S/C14H34OSi4/c1-16(2)11-10-12-18(6,7)15-19(8,9)14-13-17(3,4)5/h10,12-14,16H,11H2,1-9H3. The Morgan fingerprint density at radius 1 is 0.789 bits per heavy atom. The Morgan fingerprint density at radius 2 is 1.26 bits per heavy atom. The van der Waals surface area contributed by atoms with Gasteiger partial charge in [-0.1, -0.05) is 50.2 Å². The summed E-state index contributed by atoms with van der Waals surface area (Å²) in [5, 5.41) is 0. The van der Waals surface area contributed by atoms with Gasteiger partial charge in [-0.2, -0.15) is 0 Å². The van der Waals surface area contributed by atoms with Crippen LogP contribution in [0, 0.1) is 0 Å². The van der Waals surface area contributed by atoms with E-state index in [1.165, 1.54) is 6.04 Å². The van der Waals surface area contributed by atoms with Gasteiger partial charge < -0.3 is 4.12 Å². The van der Waals surface area contributed by atoms with Crippen molar-refractivity contribution in [3.63, 3.8) is 0 Å². The first-order chi connectivity index (χ1) is 8.33. The fraction of sp³-hybridized carbons (Fsp3) is 0.714. The van der Waals surface area contributed by atoms with Crippen LogP contribution in [0.5, 0.6) is 0 Å². The molecule has 0 fully saturated rings. The lowest BCUT2D eigenvalue weighted by Crippen LogP contribution is -2.42. The third-order valence-corrected chi connectivity index (χ3v) is 11.6. The zero-order chi connectivity index (χ0) is 15.3. The van der Waals surface area contributed by atoms with Crippen LogP contribution in [0.1, 0.15) is 0 Å². The maximum absolute atomic E-state index is 6.54. The zero-order valence-electron chi connectivity index (χ0n) is 14.5. The lowest BCUT2D eigenvalue weighted by molar-refractivity contribution is 0.571. The highest BCUT2D eigenvalue weighted by atomic mass is 28.4. The SMILES string of the molecule is C[SiH](C)CC=C[Si](C)(C)O[Si](C)(C)C=C[Si](C)(C)C. The Kier molecular flexibility index (Phi) is 7.47. The molecular weight excluding hydrogens is 296 g/mol. The topological polar surface area (TPSA) is 9.23 Å². The van der Waals surface area contributed by atoms with Gasteiger partial charge in [-0.25, -0.2) is 0 Å². The molecule has 5 heteroatoms. The second kappa shape index (κ2) is 7.35. The summed E-state index contributed by atoms with van der Waals surface area (Å²) in [7, 11) is -4.86. The minimum Gasteiger partial charge on any atom is -0.449 e. The molecule has 19 heavy (non-hydrogen) atoms. The van der Waals surface area contributed by atoms with Gasteiger partial charge in [0, 0.05) is 8.80 Å². The molecule has 0 saturated carbocycles. The number of rotatable bonds is 7. The third kappa shape index (κ3) is 11.8. The molecule has 0 aromatic heterocycles. The average Bonchev–Trinajstić information content (AvgIpc) is 2.11. The van der Waals surface area contributed by atoms with Crippen molar-refractivity contribution in [1.29, 1.82) is 0 Å². The lowest BCUT2D eigenvalue weighted by atomic mass is 10.8. The minimum atomic E-state index is -1.65. The van der Waals surface area contributed by atoms with E-state index in [0.29, 0.717) is 0 Å². The monoisotopic (exact) mass is 330 g/mol. The molecule has 0 bridgehead atoms. The van der Waals surface area contributed by atoms with Crippen molar-refractivity contribution >= 4 is 33.5 Å². The molecular formula is C14H34OSi4. The highest BCUT2D eigenvalue weighted by Gasteiger charge is 2.29. The molecule has 0 amide bonds. The fourth-order valence-corrected chi connectivity index (χ4v) is 13.1. The van der Waals surface area contributed by atoms with Gasteiger partial charge in [0.1, 0.15) is 0 Å². The van der Waals surface area contributed by atoms with Crippen LogP contribution in [-0.4, -0.2) is 33.5 Å². The predicted octanol–water partition coefficient (Wildman–Crippen LogP) is 4.97. The van der Waals surface area contributed by atoms with Crippen molar-refractivity contribution in [2.24, 2.45) is 0 Å². The summed E-state index contributed by atoms with van der Waals surface area (Å²) in [6.07, 6.45) is 2.38.